The van der Waals surface area contributed by atoms with E-state index in [0.717, 1.165) is 24.0 Å². The van der Waals surface area contributed by atoms with Gasteiger partial charge in [-0.15, -0.1) is 0 Å². The molecule has 0 radical (unpaired) electrons. The average molecular weight is 628 g/mol. The first-order valence-electron chi connectivity index (χ1n) is 15.7. The molecule has 3 aromatic rings. The number of aryl methyl sites for hydroxylation is 1. The number of hydrogen-bond acceptors (Lipinski definition) is 7. The van der Waals surface area contributed by atoms with E-state index in [1.54, 1.807) is 17.7 Å². The molecule has 0 unspecified atom stereocenters. The van der Waals surface area contributed by atoms with Crippen LogP contribution in [0.3, 0.4) is 0 Å². The zero-order chi connectivity index (χ0) is 32.0. The van der Waals surface area contributed by atoms with Gasteiger partial charge < -0.3 is 24.3 Å². The van der Waals surface area contributed by atoms with Crippen LogP contribution in [0.2, 0.25) is 18.1 Å². The number of benzene rings is 2. The lowest BCUT2D eigenvalue weighted by Gasteiger charge is -2.42. The second-order valence-electron chi connectivity index (χ2n) is 13.8. The van der Waals surface area contributed by atoms with Crippen LogP contribution < -0.4 is 20.7 Å². The van der Waals surface area contributed by atoms with Crippen LogP contribution in [0.15, 0.2) is 29.1 Å². The van der Waals surface area contributed by atoms with Crippen molar-refractivity contribution in [2.45, 2.75) is 77.7 Å². The number of morpholine rings is 1. The number of hydrogen-bond donors (Lipinski definition) is 1. The molecule has 8 nitrogen and oxygen atoms in total. The average Bonchev–Trinajstić information content (AvgIpc) is 2.97. The quantitative estimate of drug-likeness (QED) is 0.299. The summed E-state index contributed by atoms with van der Waals surface area (Å²) in [6, 6.07) is 6.30. The maximum Gasteiger partial charge on any atom is 0.262 e. The van der Waals surface area contributed by atoms with Crippen LogP contribution in [0, 0.1) is 18.6 Å². The summed E-state index contributed by atoms with van der Waals surface area (Å²) in [6.07, 6.45) is 1.60. The summed E-state index contributed by atoms with van der Waals surface area (Å²) in [5.74, 6) is -1.14. The Morgan fingerprint density at radius 1 is 1.07 bits per heavy atom. The molecule has 2 aliphatic rings. The Labute approximate surface area is 260 Å². The second-order valence-corrected chi connectivity index (χ2v) is 18.6. The fourth-order valence-corrected chi connectivity index (χ4v) is 7.41. The third-order valence-corrected chi connectivity index (χ3v) is 14.1. The van der Waals surface area contributed by atoms with Crippen molar-refractivity contribution >= 4 is 36.5 Å². The molecule has 3 heterocycles. The monoisotopic (exact) mass is 627 g/mol. The summed E-state index contributed by atoms with van der Waals surface area (Å²) in [4.78, 5) is 22.5. The van der Waals surface area contributed by atoms with Crippen LogP contribution in [-0.2, 0) is 16.2 Å². The van der Waals surface area contributed by atoms with E-state index in [0.29, 0.717) is 61.9 Å². The lowest BCUT2D eigenvalue weighted by Crippen LogP contribution is -2.47. The van der Waals surface area contributed by atoms with Crippen molar-refractivity contribution in [2.75, 3.05) is 54.5 Å². The van der Waals surface area contributed by atoms with Gasteiger partial charge in [-0.3, -0.25) is 9.36 Å². The molecule has 240 valence electrons. The van der Waals surface area contributed by atoms with E-state index >= 15 is 4.39 Å². The lowest BCUT2D eigenvalue weighted by atomic mass is 10.0. The van der Waals surface area contributed by atoms with Gasteiger partial charge in [-0.25, -0.2) is 13.8 Å². The number of nitrogens with zero attached hydrogens (tertiary/aromatic N) is 4. The number of nitrogens with one attached hydrogen (secondary N) is 1. The minimum atomic E-state index is -1.94. The molecule has 0 amide bonds. The molecule has 5 rings (SSSR count). The van der Waals surface area contributed by atoms with Gasteiger partial charge in [-0.05, 0) is 68.6 Å². The van der Waals surface area contributed by atoms with Gasteiger partial charge in [0, 0.05) is 44.9 Å². The normalized spacial score (nSPS) is 17.8. The molecule has 0 bridgehead atoms. The smallest absolute Gasteiger partial charge is 0.262 e. The molecule has 1 N–H and O–H groups in total. The predicted octanol–water partition coefficient (Wildman–Crippen LogP) is 6.52. The van der Waals surface area contributed by atoms with E-state index in [1.165, 1.54) is 6.07 Å². The van der Waals surface area contributed by atoms with Gasteiger partial charge in [0.1, 0.15) is 0 Å². The Morgan fingerprint density at radius 3 is 2.36 bits per heavy atom. The van der Waals surface area contributed by atoms with Crippen molar-refractivity contribution < 1.29 is 17.9 Å². The van der Waals surface area contributed by atoms with Crippen LogP contribution in [0.5, 0.6) is 0 Å². The highest BCUT2D eigenvalue weighted by Crippen LogP contribution is 2.40. The second kappa shape index (κ2) is 12.4. The van der Waals surface area contributed by atoms with Crippen LogP contribution in [-0.4, -0.2) is 63.4 Å². The summed E-state index contributed by atoms with van der Waals surface area (Å²) < 4.78 is 44.0. The van der Waals surface area contributed by atoms with E-state index in [1.807, 2.05) is 30.9 Å². The first-order valence-corrected chi connectivity index (χ1v) is 18.6. The van der Waals surface area contributed by atoms with Crippen molar-refractivity contribution in [1.82, 2.24) is 9.55 Å². The van der Waals surface area contributed by atoms with Crippen LogP contribution >= 0.6 is 0 Å². The number of rotatable bonds is 7. The molecule has 2 saturated heterocycles. The molecule has 44 heavy (non-hydrogen) atoms. The first kappa shape index (κ1) is 32.4. The van der Waals surface area contributed by atoms with Gasteiger partial charge in [0.05, 0.1) is 41.5 Å². The molecule has 2 aliphatic heterocycles. The molecule has 2 aromatic carbocycles. The van der Waals surface area contributed by atoms with E-state index in [-0.39, 0.29) is 28.4 Å². The number of ether oxygens (including phenoxy) is 1. The van der Waals surface area contributed by atoms with Gasteiger partial charge in [0.2, 0.25) is 5.95 Å². The van der Waals surface area contributed by atoms with E-state index < -0.39 is 20.0 Å². The molecule has 0 aliphatic carbocycles. The number of aromatic nitrogens is 2. The Balaban J connectivity index is 1.45. The molecule has 1 aromatic heterocycles. The van der Waals surface area contributed by atoms with Crippen molar-refractivity contribution in [3.05, 3.63) is 57.4 Å². The molecule has 11 heteroatoms. The zero-order valence-electron chi connectivity index (χ0n) is 27.4. The highest BCUT2D eigenvalue weighted by atomic mass is 28.4. The summed E-state index contributed by atoms with van der Waals surface area (Å²) in [5, 5.41) is 4.09. The van der Waals surface area contributed by atoms with Gasteiger partial charge in [-0.2, -0.15) is 0 Å². The summed E-state index contributed by atoms with van der Waals surface area (Å²) in [7, 11) is -0.190. The highest BCUT2D eigenvalue weighted by molar-refractivity contribution is 6.74. The van der Waals surface area contributed by atoms with Crippen molar-refractivity contribution in [3.8, 4) is 0 Å². The van der Waals surface area contributed by atoms with Crippen molar-refractivity contribution in [1.29, 1.82) is 0 Å². The first-order chi connectivity index (χ1) is 20.7. The topological polar surface area (TPSA) is 71.9 Å². The Hall–Kier alpha value is -3.02. The van der Waals surface area contributed by atoms with Gasteiger partial charge in [0.15, 0.2) is 20.0 Å². The summed E-state index contributed by atoms with van der Waals surface area (Å²) in [6.45, 7) is 18.7. The van der Waals surface area contributed by atoms with Crippen LogP contribution in [0.1, 0.15) is 57.7 Å². The minimum Gasteiger partial charge on any atom is -0.414 e. The number of piperidine rings is 1. The van der Waals surface area contributed by atoms with Crippen molar-refractivity contribution in [3.63, 3.8) is 0 Å². The van der Waals surface area contributed by atoms with E-state index in [2.05, 4.69) is 44.1 Å². The predicted molar refractivity (Wildman–Crippen MR) is 177 cm³/mol. The van der Waals surface area contributed by atoms with Gasteiger partial charge in [-0.1, -0.05) is 26.8 Å². The molecule has 1 atom stereocenters. The standard InChI is InChI=1S/C33H47F2N5O3Si/c1-21-19-24(29-25(20-21)31(41)38(6)32(37-29)40-15-17-42-18-16-40)22(2)36-27-10-9-26(34)28(35)30(27)39-13-11-23(12-14-39)43-44(7,8)33(3,4)5/h9-10,19-20,22-23,36H,11-18H2,1-8H3/t22-/m1/s1. The fourth-order valence-electron chi connectivity index (χ4n) is 5.98. The number of fused-ring (bicyclic) bond motifs is 1. The largest absolute Gasteiger partial charge is 0.414 e. The van der Waals surface area contributed by atoms with E-state index in [9.17, 15) is 9.18 Å². The third kappa shape index (κ3) is 6.37. The van der Waals surface area contributed by atoms with Crippen LogP contribution in [0.4, 0.5) is 26.1 Å². The van der Waals surface area contributed by atoms with E-state index in [4.69, 9.17) is 14.1 Å². The van der Waals surface area contributed by atoms with Crippen LogP contribution in [0.25, 0.3) is 10.9 Å². The highest BCUT2D eigenvalue weighted by Gasteiger charge is 2.40. The molecular formula is C33H47F2N5O3Si. The summed E-state index contributed by atoms with van der Waals surface area (Å²) >= 11 is 0. The zero-order valence-corrected chi connectivity index (χ0v) is 28.4. The Morgan fingerprint density at radius 2 is 1.73 bits per heavy atom. The maximum atomic E-state index is 15.5. The molecular weight excluding hydrogens is 580 g/mol. The Bertz CT molecular complexity index is 1570. The van der Waals surface area contributed by atoms with Gasteiger partial charge >= 0.3 is 0 Å². The lowest BCUT2D eigenvalue weighted by molar-refractivity contribution is 0.121. The third-order valence-electron chi connectivity index (χ3n) is 9.56. The minimum absolute atomic E-state index is 0.104. The SMILES string of the molecule is Cc1cc([C@@H](C)Nc2ccc(F)c(F)c2N2CCC(O[Si](C)(C)C(C)(C)C)CC2)c2nc(N3CCOCC3)n(C)c(=O)c2c1. The number of halogens is 2. The van der Waals surface area contributed by atoms with Crippen molar-refractivity contribution in [2.24, 2.45) is 7.05 Å². The molecule has 0 saturated carbocycles. The molecule has 2 fully saturated rings. The summed E-state index contributed by atoms with van der Waals surface area (Å²) in [5.41, 5.74) is 2.97. The number of anilines is 3. The maximum absolute atomic E-state index is 15.5. The molecule has 0 spiro atoms. The fraction of sp³-hybridized carbons (Fsp3) is 0.576. The Kier molecular flexibility index (Phi) is 9.13. The van der Waals surface area contributed by atoms with Gasteiger partial charge in [0.25, 0.3) is 5.56 Å².